The van der Waals surface area contributed by atoms with Gasteiger partial charge in [0.25, 0.3) is 5.69 Å². The lowest BCUT2D eigenvalue weighted by Crippen LogP contribution is -2.48. The summed E-state index contributed by atoms with van der Waals surface area (Å²) in [4.78, 5) is 11.1. The molecule has 2 N–H and O–H groups in total. The molecule has 1 unspecified atom stereocenters. The van der Waals surface area contributed by atoms with Crippen LogP contribution >= 0.6 is 0 Å². The molecule has 0 amide bonds. The normalized spacial score (nSPS) is 17.1. The molecule has 1 aliphatic rings. The monoisotopic (exact) mass is 493 g/mol. The van der Waals surface area contributed by atoms with Crippen molar-refractivity contribution in [2.24, 2.45) is 11.7 Å². The molecule has 4 rings (SSSR count). The van der Waals surface area contributed by atoms with Gasteiger partial charge in [-0.05, 0) is 61.9 Å². The predicted octanol–water partition coefficient (Wildman–Crippen LogP) is 4.53. The van der Waals surface area contributed by atoms with Crippen LogP contribution in [0.4, 0.5) is 5.69 Å². The summed E-state index contributed by atoms with van der Waals surface area (Å²) in [6.07, 6.45) is 3.34. The van der Waals surface area contributed by atoms with Crippen molar-refractivity contribution >= 4 is 15.5 Å². The van der Waals surface area contributed by atoms with Gasteiger partial charge in [-0.1, -0.05) is 66.7 Å². The van der Waals surface area contributed by atoms with Crippen LogP contribution in [0.5, 0.6) is 0 Å². The van der Waals surface area contributed by atoms with E-state index in [1.54, 1.807) is 30.3 Å². The molecule has 0 aliphatic carbocycles. The van der Waals surface area contributed by atoms with Crippen molar-refractivity contribution in [3.8, 4) is 0 Å². The van der Waals surface area contributed by atoms with E-state index in [2.05, 4.69) is 29.2 Å². The third kappa shape index (κ3) is 5.61. The topological polar surface area (TPSA) is 107 Å². The number of rotatable bonds is 9. The average Bonchev–Trinajstić information content (AvgIpc) is 2.89. The minimum atomic E-state index is -4.12. The highest BCUT2D eigenvalue weighted by Crippen LogP contribution is 2.36. The van der Waals surface area contributed by atoms with Crippen LogP contribution in [0.1, 0.15) is 30.4 Å². The molecular formula is C27H31N3O4S. The van der Waals surface area contributed by atoms with Gasteiger partial charge >= 0.3 is 0 Å². The Balaban J connectivity index is 1.50. The van der Waals surface area contributed by atoms with E-state index in [-0.39, 0.29) is 17.0 Å². The van der Waals surface area contributed by atoms with Crippen LogP contribution in [0.2, 0.25) is 0 Å². The molecule has 1 atom stereocenters. The molecule has 0 spiro atoms. The Hall–Kier alpha value is -3.07. The van der Waals surface area contributed by atoms with Crippen LogP contribution in [0, 0.1) is 16.0 Å². The van der Waals surface area contributed by atoms with Crippen LogP contribution in [0.15, 0.2) is 89.8 Å². The Bertz CT molecular complexity index is 1240. The number of likely N-dealkylation sites (tertiary alicyclic amines) is 1. The second-order valence-electron chi connectivity index (χ2n) is 9.24. The highest BCUT2D eigenvalue weighted by molar-refractivity contribution is 7.92. The lowest BCUT2D eigenvalue weighted by Gasteiger charge is -2.36. The van der Waals surface area contributed by atoms with E-state index >= 15 is 0 Å². The van der Waals surface area contributed by atoms with Crippen LogP contribution in [0.3, 0.4) is 0 Å². The summed E-state index contributed by atoms with van der Waals surface area (Å²) in [5.74, 6) is 0.610. The van der Waals surface area contributed by atoms with E-state index in [0.29, 0.717) is 18.0 Å². The molecule has 0 aromatic heterocycles. The van der Waals surface area contributed by atoms with Gasteiger partial charge in [-0.25, -0.2) is 8.42 Å². The lowest BCUT2D eigenvalue weighted by atomic mass is 9.90. The van der Waals surface area contributed by atoms with Crippen molar-refractivity contribution in [3.63, 3.8) is 0 Å². The van der Waals surface area contributed by atoms with Gasteiger partial charge in [-0.3, -0.25) is 10.1 Å². The van der Waals surface area contributed by atoms with Crippen LogP contribution < -0.4 is 5.73 Å². The zero-order chi connectivity index (χ0) is 24.9. The van der Waals surface area contributed by atoms with E-state index in [1.807, 2.05) is 6.07 Å². The Labute approximate surface area is 206 Å². The maximum atomic E-state index is 13.8. The summed E-state index contributed by atoms with van der Waals surface area (Å²) in [6, 6.07) is 24.4. The van der Waals surface area contributed by atoms with Crippen molar-refractivity contribution < 1.29 is 13.3 Å². The number of hydrogen-bond donors (Lipinski definition) is 1. The van der Waals surface area contributed by atoms with Crippen LogP contribution in [-0.4, -0.2) is 37.9 Å². The predicted molar refractivity (Wildman–Crippen MR) is 137 cm³/mol. The summed E-state index contributed by atoms with van der Waals surface area (Å²) in [7, 11) is -4.12. The van der Waals surface area contributed by atoms with Crippen molar-refractivity contribution in [1.82, 2.24) is 4.90 Å². The third-order valence-electron chi connectivity index (χ3n) is 6.95. The molecule has 0 saturated carbocycles. The van der Waals surface area contributed by atoms with Gasteiger partial charge in [0.05, 0.1) is 9.82 Å². The highest BCUT2D eigenvalue weighted by Gasteiger charge is 2.43. The number of non-ortho nitro benzene ring substituents is 1. The summed E-state index contributed by atoms with van der Waals surface area (Å²) in [5.41, 5.74) is 8.27. The first kappa shape index (κ1) is 25.0. The smallest absolute Gasteiger partial charge is 0.270 e. The molecule has 1 heterocycles. The average molecular weight is 494 g/mol. The molecule has 3 aromatic rings. The second kappa shape index (κ2) is 10.7. The molecule has 0 bridgehead atoms. The van der Waals surface area contributed by atoms with Gasteiger partial charge in [-0.2, -0.15) is 0 Å². The largest absolute Gasteiger partial charge is 0.308 e. The molecule has 1 aliphatic heterocycles. The quantitative estimate of drug-likeness (QED) is 0.347. The number of nitro benzene ring substituents is 1. The van der Waals surface area contributed by atoms with E-state index in [4.69, 9.17) is 5.73 Å². The van der Waals surface area contributed by atoms with E-state index in [0.717, 1.165) is 38.4 Å². The van der Waals surface area contributed by atoms with Gasteiger partial charge < -0.3 is 10.6 Å². The molecule has 3 aromatic carbocycles. The maximum Gasteiger partial charge on any atom is 0.270 e. The summed E-state index contributed by atoms with van der Waals surface area (Å²) in [5, 5.41) is 11.2. The first-order chi connectivity index (χ1) is 16.8. The minimum Gasteiger partial charge on any atom is -0.308 e. The molecule has 8 heteroatoms. The number of benzene rings is 3. The van der Waals surface area contributed by atoms with Crippen molar-refractivity contribution in [1.29, 1.82) is 0 Å². The first-order valence-corrected chi connectivity index (χ1v) is 13.4. The van der Waals surface area contributed by atoms with Gasteiger partial charge in [0.2, 0.25) is 9.84 Å². The molecular weight excluding hydrogens is 462 g/mol. The zero-order valence-corrected chi connectivity index (χ0v) is 20.4. The van der Waals surface area contributed by atoms with Crippen molar-refractivity contribution in [2.75, 3.05) is 19.6 Å². The summed E-state index contributed by atoms with van der Waals surface area (Å²) < 4.78 is 27.6. The summed E-state index contributed by atoms with van der Waals surface area (Å²) in [6.45, 7) is 2.30. The van der Waals surface area contributed by atoms with Crippen LogP contribution in [-0.2, 0) is 21.1 Å². The minimum absolute atomic E-state index is 0.139. The van der Waals surface area contributed by atoms with Gasteiger partial charge in [0.1, 0.15) is 0 Å². The summed E-state index contributed by atoms with van der Waals surface area (Å²) >= 11 is 0. The van der Waals surface area contributed by atoms with E-state index in [1.165, 1.54) is 23.8 Å². The number of nitrogens with two attached hydrogens (primary N) is 1. The van der Waals surface area contributed by atoms with Crippen molar-refractivity contribution in [3.05, 3.63) is 106 Å². The number of nitro groups is 1. The number of piperidine rings is 1. The number of sulfone groups is 1. The van der Waals surface area contributed by atoms with Gasteiger partial charge in [0.15, 0.2) is 4.87 Å². The lowest BCUT2D eigenvalue weighted by molar-refractivity contribution is -0.385. The molecule has 1 saturated heterocycles. The molecule has 1 fully saturated rings. The molecule has 7 nitrogen and oxygen atoms in total. The fourth-order valence-electron chi connectivity index (χ4n) is 4.81. The Morgan fingerprint density at radius 1 is 0.943 bits per heavy atom. The number of nitrogens with zero attached hydrogens (tertiary/aromatic N) is 2. The van der Waals surface area contributed by atoms with E-state index < -0.39 is 19.6 Å². The Morgan fingerprint density at radius 3 is 2.20 bits per heavy atom. The maximum absolute atomic E-state index is 13.8. The number of hydrogen-bond acceptors (Lipinski definition) is 6. The first-order valence-electron chi connectivity index (χ1n) is 11.9. The Kier molecular flexibility index (Phi) is 7.64. The highest BCUT2D eigenvalue weighted by atomic mass is 32.2. The SMILES string of the molecule is NC(CCN1CCC(Cc2ccccc2)CC1)(c1ccccc1)S(=O)(=O)c1cccc([N+](=O)[O-])c1. The van der Waals surface area contributed by atoms with Gasteiger partial charge in [-0.15, -0.1) is 0 Å². The third-order valence-corrected chi connectivity index (χ3v) is 9.23. The second-order valence-corrected chi connectivity index (χ2v) is 11.4. The molecule has 184 valence electrons. The van der Waals surface area contributed by atoms with Crippen LogP contribution in [0.25, 0.3) is 0 Å². The fraction of sp³-hybridized carbons (Fsp3) is 0.333. The van der Waals surface area contributed by atoms with Crippen molar-refractivity contribution in [2.45, 2.75) is 35.4 Å². The molecule has 0 radical (unpaired) electrons. The standard InChI is InChI=1S/C27H31N3O4S/c28-27(24-10-5-2-6-11-24,35(33,34)26-13-7-12-25(21-26)30(31)32)16-19-29-17-14-23(15-18-29)20-22-8-3-1-4-9-22/h1-13,21,23H,14-20,28H2. The molecule has 35 heavy (non-hydrogen) atoms. The van der Waals surface area contributed by atoms with E-state index in [9.17, 15) is 18.5 Å². The zero-order valence-electron chi connectivity index (χ0n) is 19.6. The fourth-order valence-corrected chi connectivity index (χ4v) is 6.58. The van der Waals surface area contributed by atoms with Gasteiger partial charge in [0, 0.05) is 18.7 Å². The Morgan fingerprint density at radius 2 is 1.57 bits per heavy atom.